The van der Waals surface area contributed by atoms with Gasteiger partial charge in [0, 0.05) is 12.1 Å². The largest absolute Gasteiger partial charge is 0.247 e. The first-order valence-electron chi connectivity index (χ1n) is 2.84. The summed E-state index contributed by atoms with van der Waals surface area (Å²) in [7, 11) is 0. The summed E-state index contributed by atoms with van der Waals surface area (Å²) in [5, 5.41) is 0. The molecule has 0 bridgehead atoms. The molecular formula is C8H6ClN. The van der Waals surface area contributed by atoms with Crippen molar-refractivity contribution in [1.29, 1.82) is 0 Å². The second-order valence-corrected chi connectivity index (χ2v) is 2.10. The SMILES string of the molecule is C#Cc1ccc(CCl)cn1. The Labute approximate surface area is 65.0 Å². The molecule has 10 heavy (non-hydrogen) atoms. The lowest BCUT2D eigenvalue weighted by atomic mass is 10.3. The molecule has 1 nitrogen and oxygen atoms in total. The summed E-state index contributed by atoms with van der Waals surface area (Å²) >= 11 is 5.53. The molecule has 0 radical (unpaired) electrons. The maximum absolute atomic E-state index is 5.53. The highest BCUT2D eigenvalue weighted by atomic mass is 35.5. The van der Waals surface area contributed by atoms with Crippen molar-refractivity contribution in [3.8, 4) is 12.3 Å². The molecule has 1 rings (SSSR count). The van der Waals surface area contributed by atoms with E-state index in [0.717, 1.165) is 5.56 Å². The molecule has 0 fully saturated rings. The predicted octanol–water partition coefficient (Wildman–Crippen LogP) is 1.80. The molecule has 0 saturated heterocycles. The van der Waals surface area contributed by atoms with E-state index in [0.29, 0.717) is 11.6 Å². The number of nitrogens with zero attached hydrogens (tertiary/aromatic N) is 1. The van der Waals surface area contributed by atoms with Crippen molar-refractivity contribution < 1.29 is 0 Å². The first-order valence-corrected chi connectivity index (χ1v) is 3.38. The summed E-state index contributed by atoms with van der Waals surface area (Å²) in [6.07, 6.45) is 6.78. The Hall–Kier alpha value is -1.00. The number of terminal acetylenes is 1. The number of aromatic nitrogens is 1. The summed E-state index contributed by atoms with van der Waals surface area (Å²) in [5.41, 5.74) is 1.63. The van der Waals surface area contributed by atoms with Gasteiger partial charge in [-0.3, -0.25) is 0 Å². The van der Waals surface area contributed by atoms with Crippen LogP contribution in [0.3, 0.4) is 0 Å². The maximum atomic E-state index is 5.53. The monoisotopic (exact) mass is 151 g/mol. The number of alkyl halides is 1. The minimum atomic E-state index is 0.484. The van der Waals surface area contributed by atoms with Crippen molar-refractivity contribution in [2.24, 2.45) is 0 Å². The minimum Gasteiger partial charge on any atom is -0.247 e. The normalized spacial score (nSPS) is 8.80. The maximum Gasteiger partial charge on any atom is 0.112 e. The van der Waals surface area contributed by atoms with E-state index >= 15 is 0 Å². The molecular weight excluding hydrogens is 146 g/mol. The molecule has 0 saturated carbocycles. The van der Waals surface area contributed by atoms with Crippen molar-refractivity contribution in [2.45, 2.75) is 5.88 Å². The van der Waals surface area contributed by atoms with E-state index < -0.39 is 0 Å². The van der Waals surface area contributed by atoms with Gasteiger partial charge >= 0.3 is 0 Å². The van der Waals surface area contributed by atoms with Crippen molar-refractivity contribution in [1.82, 2.24) is 4.98 Å². The third-order valence-electron chi connectivity index (χ3n) is 1.13. The molecule has 0 aliphatic heterocycles. The quantitative estimate of drug-likeness (QED) is 0.441. The standard InChI is InChI=1S/C8H6ClN/c1-2-8-4-3-7(5-9)6-10-8/h1,3-4,6H,5H2. The Kier molecular flexibility index (Phi) is 2.30. The number of halogens is 1. The molecule has 1 heterocycles. The molecule has 0 N–H and O–H groups in total. The molecule has 0 aliphatic rings. The zero-order valence-corrected chi connectivity index (χ0v) is 6.10. The van der Waals surface area contributed by atoms with Crippen LogP contribution in [0.15, 0.2) is 18.3 Å². The van der Waals surface area contributed by atoms with Gasteiger partial charge in [0.1, 0.15) is 5.69 Å². The second kappa shape index (κ2) is 3.24. The Balaban J connectivity index is 2.93. The van der Waals surface area contributed by atoms with Crippen LogP contribution in [-0.4, -0.2) is 4.98 Å². The summed E-state index contributed by atoms with van der Waals surface area (Å²) in [4.78, 5) is 3.95. The van der Waals surface area contributed by atoms with Gasteiger partial charge in [0.2, 0.25) is 0 Å². The van der Waals surface area contributed by atoms with Crippen LogP contribution in [0.5, 0.6) is 0 Å². The van der Waals surface area contributed by atoms with E-state index in [4.69, 9.17) is 18.0 Å². The van der Waals surface area contributed by atoms with Crippen LogP contribution in [-0.2, 0) is 5.88 Å². The van der Waals surface area contributed by atoms with Gasteiger partial charge in [-0.15, -0.1) is 18.0 Å². The average molecular weight is 152 g/mol. The van der Waals surface area contributed by atoms with Gasteiger partial charge in [-0.2, -0.15) is 0 Å². The molecule has 0 unspecified atom stereocenters. The highest BCUT2D eigenvalue weighted by Crippen LogP contribution is 2.01. The molecule has 0 atom stereocenters. The number of rotatable bonds is 1. The van der Waals surface area contributed by atoms with Gasteiger partial charge in [0.25, 0.3) is 0 Å². The molecule has 1 aromatic rings. The molecule has 0 amide bonds. The van der Waals surface area contributed by atoms with Crippen LogP contribution < -0.4 is 0 Å². The average Bonchev–Trinajstić information content (AvgIpc) is 2.05. The summed E-state index contributed by atoms with van der Waals surface area (Å²) < 4.78 is 0. The summed E-state index contributed by atoms with van der Waals surface area (Å²) in [6.45, 7) is 0. The Bertz CT molecular complexity index is 245. The van der Waals surface area contributed by atoms with Crippen LogP contribution in [0.2, 0.25) is 0 Å². The van der Waals surface area contributed by atoms with Crippen LogP contribution in [0, 0.1) is 12.3 Å². The van der Waals surface area contributed by atoms with Crippen LogP contribution in [0.25, 0.3) is 0 Å². The topological polar surface area (TPSA) is 12.9 Å². The zero-order valence-electron chi connectivity index (χ0n) is 5.34. The Morgan fingerprint density at radius 2 is 2.40 bits per heavy atom. The van der Waals surface area contributed by atoms with Gasteiger partial charge in [-0.25, -0.2) is 4.98 Å². The van der Waals surface area contributed by atoms with E-state index in [2.05, 4.69) is 10.9 Å². The lowest BCUT2D eigenvalue weighted by Gasteiger charge is -1.92. The first-order chi connectivity index (χ1) is 4.86. The van der Waals surface area contributed by atoms with E-state index in [9.17, 15) is 0 Å². The Morgan fingerprint density at radius 1 is 1.60 bits per heavy atom. The number of hydrogen-bond acceptors (Lipinski definition) is 1. The fourth-order valence-corrected chi connectivity index (χ4v) is 0.747. The highest BCUT2D eigenvalue weighted by molar-refractivity contribution is 6.17. The molecule has 50 valence electrons. The smallest absolute Gasteiger partial charge is 0.112 e. The van der Waals surface area contributed by atoms with Crippen LogP contribution in [0.1, 0.15) is 11.3 Å². The molecule has 2 heteroatoms. The van der Waals surface area contributed by atoms with Crippen LogP contribution in [0.4, 0.5) is 0 Å². The van der Waals surface area contributed by atoms with Gasteiger partial charge in [-0.1, -0.05) is 12.0 Å². The highest BCUT2D eigenvalue weighted by Gasteiger charge is 1.89. The molecule has 1 aromatic heterocycles. The van der Waals surface area contributed by atoms with E-state index in [1.165, 1.54) is 0 Å². The van der Waals surface area contributed by atoms with Gasteiger partial charge in [-0.05, 0) is 11.6 Å². The summed E-state index contributed by atoms with van der Waals surface area (Å²) in [6, 6.07) is 3.65. The number of hydrogen-bond donors (Lipinski definition) is 0. The predicted molar refractivity (Wildman–Crippen MR) is 41.7 cm³/mol. The fourth-order valence-electron chi connectivity index (χ4n) is 0.589. The van der Waals surface area contributed by atoms with E-state index in [1.54, 1.807) is 12.3 Å². The zero-order chi connectivity index (χ0) is 7.40. The second-order valence-electron chi connectivity index (χ2n) is 1.83. The van der Waals surface area contributed by atoms with Gasteiger partial charge < -0.3 is 0 Å². The van der Waals surface area contributed by atoms with Crippen molar-refractivity contribution in [3.63, 3.8) is 0 Å². The first kappa shape index (κ1) is 7.11. The third-order valence-corrected chi connectivity index (χ3v) is 1.44. The van der Waals surface area contributed by atoms with Gasteiger partial charge in [0.15, 0.2) is 0 Å². The van der Waals surface area contributed by atoms with Gasteiger partial charge in [0.05, 0.1) is 0 Å². The number of pyridine rings is 1. The summed E-state index contributed by atoms with van der Waals surface area (Å²) in [5.74, 6) is 2.91. The van der Waals surface area contributed by atoms with Crippen molar-refractivity contribution in [3.05, 3.63) is 29.6 Å². The van der Waals surface area contributed by atoms with Crippen molar-refractivity contribution >= 4 is 11.6 Å². The molecule has 0 aromatic carbocycles. The lowest BCUT2D eigenvalue weighted by molar-refractivity contribution is 1.22. The minimum absolute atomic E-state index is 0.484. The molecule has 0 aliphatic carbocycles. The van der Waals surface area contributed by atoms with Crippen LogP contribution >= 0.6 is 11.6 Å². The molecule has 0 spiro atoms. The lowest BCUT2D eigenvalue weighted by Crippen LogP contribution is -1.83. The van der Waals surface area contributed by atoms with E-state index in [-0.39, 0.29) is 0 Å². The third kappa shape index (κ3) is 1.49. The van der Waals surface area contributed by atoms with Crippen molar-refractivity contribution in [2.75, 3.05) is 0 Å². The Morgan fingerprint density at radius 3 is 2.80 bits per heavy atom. The fraction of sp³-hybridized carbons (Fsp3) is 0.125. The van der Waals surface area contributed by atoms with E-state index in [1.807, 2.05) is 6.07 Å².